The maximum atomic E-state index is 5.23. The molecule has 8 rings (SSSR count). The Bertz CT molecular complexity index is 2160. The number of pyridine rings is 1. The number of hydrogen-bond donors (Lipinski definition) is 0. The molecule has 0 spiro atoms. The van der Waals surface area contributed by atoms with Gasteiger partial charge in [0.2, 0.25) is 0 Å². The van der Waals surface area contributed by atoms with Gasteiger partial charge in [-0.1, -0.05) is 84.9 Å². The highest BCUT2D eigenvalue weighted by molar-refractivity contribution is 6.14. The summed E-state index contributed by atoms with van der Waals surface area (Å²) in [5.74, 6) is 1.58. The van der Waals surface area contributed by atoms with Crippen molar-refractivity contribution >= 4 is 43.5 Å². The third kappa shape index (κ3) is 3.50. The molecule has 4 heteroatoms. The van der Waals surface area contributed by atoms with Gasteiger partial charge in [-0.2, -0.15) is 0 Å². The summed E-state index contributed by atoms with van der Waals surface area (Å²) in [5.41, 5.74) is 6.15. The molecule has 0 fully saturated rings. The minimum absolute atomic E-state index is 0.697. The zero-order valence-corrected chi connectivity index (χ0v) is 21.0. The second-order valence-corrected chi connectivity index (χ2v) is 9.75. The standard InChI is InChI=1S/C35H22N4/c1-2-10-26-22-33-29(21-25(26)9-1)27-11-4-6-15-32(27)39(33)35-28-12-3-5-14-31(28)37-34(38-35)24-18-16-23(17-19-24)30-13-7-8-20-36-30/h1-22H. The van der Waals surface area contributed by atoms with E-state index in [2.05, 4.69) is 113 Å². The van der Waals surface area contributed by atoms with Crippen LogP contribution in [0.1, 0.15) is 0 Å². The SMILES string of the molecule is c1ccc(-c2ccc(-c3nc(-n4c5ccccc5c5cc6ccccc6cc54)c4ccccc4n3)cc2)nc1. The summed E-state index contributed by atoms with van der Waals surface area (Å²) >= 11 is 0. The Morgan fingerprint density at radius 1 is 0.487 bits per heavy atom. The molecule has 182 valence electrons. The van der Waals surface area contributed by atoms with Crippen molar-refractivity contribution in [3.63, 3.8) is 0 Å². The Balaban J connectivity index is 1.40. The van der Waals surface area contributed by atoms with E-state index in [1.54, 1.807) is 0 Å². The molecular weight excluding hydrogens is 476 g/mol. The van der Waals surface area contributed by atoms with Gasteiger partial charge in [-0.25, -0.2) is 9.97 Å². The summed E-state index contributed by atoms with van der Waals surface area (Å²) in [6.07, 6.45) is 1.82. The fraction of sp³-hybridized carbons (Fsp3) is 0. The van der Waals surface area contributed by atoms with Crippen molar-refractivity contribution < 1.29 is 0 Å². The molecule has 0 saturated carbocycles. The van der Waals surface area contributed by atoms with Crippen molar-refractivity contribution in [3.05, 3.63) is 134 Å². The van der Waals surface area contributed by atoms with Gasteiger partial charge in [0.15, 0.2) is 5.82 Å². The van der Waals surface area contributed by atoms with Gasteiger partial charge in [0, 0.05) is 33.5 Å². The molecule has 0 atom stereocenters. The van der Waals surface area contributed by atoms with Crippen molar-refractivity contribution in [2.24, 2.45) is 0 Å². The normalized spacial score (nSPS) is 11.6. The molecule has 0 aliphatic heterocycles. The average molecular weight is 499 g/mol. The number of nitrogens with zero attached hydrogens (tertiary/aromatic N) is 4. The van der Waals surface area contributed by atoms with E-state index in [1.807, 2.05) is 30.5 Å². The molecule has 0 radical (unpaired) electrons. The summed E-state index contributed by atoms with van der Waals surface area (Å²) in [6.45, 7) is 0. The average Bonchev–Trinajstić information content (AvgIpc) is 3.33. The number of hydrogen-bond acceptors (Lipinski definition) is 3. The van der Waals surface area contributed by atoms with Gasteiger partial charge in [-0.15, -0.1) is 0 Å². The Morgan fingerprint density at radius 2 is 1.18 bits per heavy atom. The van der Waals surface area contributed by atoms with Crippen LogP contribution in [0.3, 0.4) is 0 Å². The van der Waals surface area contributed by atoms with Crippen LogP contribution in [0, 0.1) is 0 Å². The van der Waals surface area contributed by atoms with Crippen LogP contribution in [0.5, 0.6) is 0 Å². The highest BCUT2D eigenvalue weighted by atomic mass is 15.1. The quantitative estimate of drug-likeness (QED) is 0.245. The van der Waals surface area contributed by atoms with Gasteiger partial charge >= 0.3 is 0 Å². The van der Waals surface area contributed by atoms with Gasteiger partial charge in [0.05, 0.1) is 22.2 Å². The highest BCUT2D eigenvalue weighted by Gasteiger charge is 2.18. The van der Waals surface area contributed by atoms with E-state index in [9.17, 15) is 0 Å². The summed E-state index contributed by atoms with van der Waals surface area (Å²) in [4.78, 5) is 14.7. The molecule has 0 amide bonds. The number of fused-ring (bicyclic) bond motifs is 5. The van der Waals surface area contributed by atoms with E-state index in [4.69, 9.17) is 9.97 Å². The van der Waals surface area contributed by atoms with Crippen molar-refractivity contribution in [2.45, 2.75) is 0 Å². The molecule has 39 heavy (non-hydrogen) atoms. The molecule has 8 aromatic rings. The summed E-state index contributed by atoms with van der Waals surface area (Å²) in [5, 5.41) is 5.88. The minimum Gasteiger partial charge on any atom is -0.293 e. The first-order valence-electron chi connectivity index (χ1n) is 13.0. The van der Waals surface area contributed by atoms with Gasteiger partial charge in [-0.05, 0) is 53.2 Å². The molecule has 0 aliphatic carbocycles. The lowest BCUT2D eigenvalue weighted by molar-refractivity contribution is 1.08. The smallest absolute Gasteiger partial charge is 0.162 e. The van der Waals surface area contributed by atoms with E-state index in [-0.39, 0.29) is 0 Å². The largest absolute Gasteiger partial charge is 0.293 e. The zero-order chi connectivity index (χ0) is 25.8. The Labute approximate surface area is 224 Å². The highest BCUT2D eigenvalue weighted by Crippen LogP contribution is 2.36. The Morgan fingerprint density at radius 3 is 2.00 bits per heavy atom. The lowest BCUT2D eigenvalue weighted by Gasteiger charge is -2.13. The van der Waals surface area contributed by atoms with Crippen molar-refractivity contribution in [2.75, 3.05) is 0 Å². The first kappa shape index (κ1) is 21.7. The molecule has 0 N–H and O–H groups in total. The Kier molecular flexibility index (Phi) is 4.79. The third-order valence-electron chi connectivity index (χ3n) is 7.44. The third-order valence-corrected chi connectivity index (χ3v) is 7.44. The van der Waals surface area contributed by atoms with E-state index in [1.165, 1.54) is 21.5 Å². The van der Waals surface area contributed by atoms with Crippen molar-refractivity contribution in [1.82, 2.24) is 19.5 Å². The molecule has 0 aliphatic rings. The molecule has 3 aromatic heterocycles. The molecule has 0 unspecified atom stereocenters. The monoisotopic (exact) mass is 498 g/mol. The maximum Gasteiger partial charge on any atom is 0.162 e. The van der Waals surface area contributed by atoms with Gasteiger partial charge in [0.25, 0.3) is 0 Å². The fourth-order valence-electron chi connectivity index (χ4n) is 5.57. The summed E-state index contributed by atoms with van der Waals surface area (Å²) < 4.78 is 2.30. The molecule has 4 nitrogen and oxygen atoms in total. The predicted molar refractivity (Wildman–Crippen MR) is 160 cm³/mol. The first-order valence-corrected chi connectivity index (χ1v) is 13.0. The van der Waals surface area contributed by atoms with E-state index >= 15 is 0 Å². The number of para-hydroxylation sites is 2. The number of rotatable bonds is 3. The van der Waals surface area contributed by atoms with Gasteiger partial charge in [-0.3, -0.25) is 9.55 Å². The predicted octanol–water partition coefficient (Wildman–Crippen LogP) is 8.61. The topological polar surface area (TPSA) is 43.6 Å². The second-order valence-electron chi connectivity index (χ2n) is 9.75. The number of aromatic nitrogens is 4. The van der Waals surface area contributed by atoms with Crippen LogP contribution in [-0.2, 0) is 0 Å². The lowest BCUT2D eigenvalue weighted by atomic mass is 10.1. The molecular formula is C35H22N4. The Hall–Kier alpha value is -5.35. The van der Waals surface area contributed by atoms with Crippen LogP contribution in [-0.4, -0.2) is 19.5 Å². The van der Waals surface area contributed by atoms with Crippen LogP contribution < -0.4 is 0 Å². The molecule has 3 heterocycles. The zero-order valence-electron chi connectivity index (χ0n) is 21.0. The van der Waals surface area contributed by atoms with E-state index in [0.29, 0.717) is 5.82 Å². The van der Waals surface area contributed by atoms with Crippen LogP contribution in [0.2, 0.25) is 0 Å². The van der Waals surface area contributed by atoms with Crippen molar-refractivity contribution in [3.8, 4) is 28.5 Å². The van der Waals surface area contributed by atoms with Crippen LogP contribution in [0.25, 0.3) is 71.9 Å². The molecule has 5 aromatic carbocycles. The van der Waals surface area contributed by atoms with Gasteiger partial charge in [0.1, 0.15) is 5.82 Å². The van der Waals surface area contributed by atoms with Crippen LogP contribution in [0.4, 0.5) is 0 Å². The lowest BCUT2D eigenvalue weighted by Crippen LogP contribution is -2.02. The van der Waals surface area contributed by atoms with E-state index in [0.717, 1.165) is 44.6 Å². The first-order chi connectivity index (χ1) is 19.3. The summed E-state index contributed by atoms with van der Waals surface area (Å²) in [7, 11) is 0. The second kappa shape index (κ2) is 8.61. The van der Waals surface area contributed by atoms with Crippen LogP contribution in [0.15, 0.2) is 134 Å². The summed E-state index contributed by atoms with van der Waals surface area (Å²) in [6, 6.07) is 44.2. The molecule has 0 bridgehead atoms. The minimum atomic E-state index is 0.697. The number of benzene rings is 5. The fourth-order valence-corrected chi connectivity index (χ4v) is 5.57. The van der Waals surface area contributed by atoms with E-state index < -0.39 is 0 Å². The van der Waals surface area contributed by atoms with Crippen molar-refractivity contribution in [1.29, 1.82) is 0 Å². The maximum absolute atomic E-state index is 5.23. The van der Waals surface area contributed by atoms with Gasteiger partial charge < -0.3 is 0 Å². The molecule has 0 saturated heterocycles. The van der Waals surface area contributed by atoms with Crippen LogP contribution >= 0.6 is 0 Å².